The van der Waals surface area contributed by atoms with Gasteiger partial charge in [-0.3, -0.25) is 14.7 Å². The van der Waals surface area contributed by atoms with Crippen molar-refractivity contribution < 1.29 is 9.59 Å². The van der Waals surface area contributed by atoms with E-state index in [2.05, 4.69) is 15.2 Å². The minimum atomic E-state index is 0.0991. The number of anilines is 1. The van der Waals surface area contributed by atoms with Crippen LogP contribution in [-0.4, -0.2) is 38.5 Å². The predicted molar refractivity (Wildman–Crippen MR) is 90.2 cm³/mol. The topological polar surface area (TPSA) is 79.0 Å². The van der Waals surface area contributed by atoms with Crippen LogP contribution in [0.15, 0.2) is 24.3 Å². The van der Waals surface area contributed by atoms with Crippen LogP contribution in [0.3, 0.4) is 0 Å². The summed E-state index contributed by atoms with van der Waals surface area (Å²) in [7, 11) is 0. The zero-order valence-corrected chi connectivity index (χ0v) is 13.9. The molecule has 1 atom stereocenters. The summed E-state index contributed by atoms with van der Waals surface area (Å²) in [6, 6.07) is 7.67. The van der Waals surface area contributed by atoms with Gasteiger partial charge in [0, 0.05) is 36.9 Å². The summed E-state index contributed by atoms with van der Waals surface area (Å²) in [5, 5.41) is 7.05. The van der Waals surface area contributed by atoms with E-state index in [1.165, 1.54) is 11.8 Å². The lowest BCUT2D eigenvalue weighted by atomic mass is 10.1. The van der Waals surface area contributed by atoms with E-state index >= 15 is 0 Å². The fraction of sp³-hybridized carbons (Fsp3) is 0.375. The molecule has 1 aromatic carbocycles. The lowest BCUT2D eigenvalue weighted by molar-refractivity contribution is -0.117. The number of aromatic nitrogens is 3. The summed E-state index contributed by atoms with van der Waals surface area (Å²) < 4.78 is 0. The molecule has 1 N–H and O–H groups in total. The highest BCUT2D eigenvalue weighted by molar-refractivity contribution is 8.13. The molecule has 1 aliphatic heterocycles. The van der Waals surface area contributed by atoms with E-state index in [0.717, 1.165) is 17.1 Å². The van der Waals surface area contributed by atoms with Gasteiger partial charge in [0.25, 0.3) is 0 Å². The Hall–Kier alpha value is -2.15. The van der Waals surface area contributed by atoms with Crippen molar-refractivity contribution in [1.29, 1.82) is 0 Å². The van der Waals surface area contributed by atoms with Crippen molar-refractivity contribution in [3.8, 4) is 11.4 Å². The number of carbonyl (C=O) groups is 2. The Kier molecular flexibility index (Phi) is 4.47. The van der Waals surface area contributed by atoms with Gasteiger partial charge in [0.05, 0.1) is 0 Å². The third-order valence-corrected chi connectivity index (χ3v) is 4.81. The number of amides is 1. The molecule has 7 heteroatoms. The van der Waals surface area contributed by atoms with Gasteiger partial charge in [-0.2, -0.15) is 5.10 Å². The smallest absolute Gasteiger partial charge is 0.227 e. The van der Waals surface area contributed by atoms with Crippen molar-refractivity contribution in [3.05, 3.63) is 30.1 Å². The lowest BCUT2D eigenvalue weighted by Crippen LogP contribution is -2.24. The maximum atomic E-state index is 12.2. The third-order valence-electron chi connectivity index (χ3n) is 3.76. The van der Waals surface area contributed by atoms with Crippen molar-refractivity contribution >= 4 is 28.5 Å². The Morgan fingerprint density at radius 1 is 1.39 bits per heavy atom. The number of nitrogens with zero attached hydrogens (tertiary/aromatic N) is 3. The molecule has 2 heterocycles. The fourth-order valence-corrected chi connectivity index (χ4v) is 3.33. The number of carbonyl (C=O) groups excluding carboxylic acids is 2. The van der Waals surface area contributed by atoms with Crippen LogP contribution in [0.2, 0.25) is 0 Å². The zero-order chi connectivity index (χ0) is 16.4. The molecule has 6 nitrogen and oxygen atoms in total. The highest BCUT2D eigenvalue weighted by atomic mass is 32.2. The summed E-state index contributed by atoms with van der Waals surface area (Å²) in [6.45, 7) is 4.08. The summed E-state index contributed by atoms with van der Waals surface area (Å²) >= 11 is 1.29. The largest absolute Gasteiger partial charge is 0.312 e. The lowest BCUT2D eigenvalue weighted by Gasteiger charge is -2.16. The fourth-order valence-electron chi connectivity index (χ4n) is 2.64. The van der Waals surface area contributed by atoms with Crippen molar-refractivity contribution in [3.63, 3.8) is 0 Å². The first-order valence-electron chi connectivity index (χ1n) is 7.46. The predicted octanol–water partition coefficient (Wildman–Crippen LogP) is 2.41. The Labute approximate surface area is 138 Å². The van der Waals surface area contributed by atoms with Crippen molar-refractivity contribution in [2.45, 2.75) is 20.3 Å². The number of H-pyrrole nitrogens is 1. The summed E-state index contributed by atoms with van der Waals surface area (Å²) in [4.78, 5) is 29.3. The number of aryl methyl sites for hydroxylation is 1. The molecular weight excluding hydrogens is 312 g/mol. The van der Waals surface area contributed by atoms with Crippen LogP contribution in [0.1, 0.15) is 19.2 Å². The van der Waals surface area contributed by atoms with E-state index in [1.807, 2.05) is 31.2 Å². The molecular formula is C16H18N4O2S. The highest BCUT2D eigenvalue weighted by Crippen LogP contribution is 2.28. The molecule has 1 saturated heterocycles. The molecule has 1 aliphatic rings. The Bertz CT molecular complexity index is 726. The quantitative estimate of drug-likeness (QED) is 0.931. The molecule has 1 aromatic heterocycles. The van der Waals surface area contributed by atoms with Gasteiger partial charge in [0.2, 0.25) is 5.91 Å². The summed E-state index contributed by atoms with van der Waals surface area (Å²) in [6.07, 6.45) is 0.502. The summed E-state index contributed by atoms with van der Waals surface area (Å²) in [5.74, 6) is 2.46. The minimum absolute atomic E-state index is 0.0991. The Morgan fingerprint density at radius 3 is 2.74 bits per heavy atom. The van der Waals surface area contributed by atoms with Gasteiger partial charge in [0.1, 0.15) is 5.82 Å². The second-order valence-corrected chi connectivity index (χ2v) is 6.87. The number of nitrogens with one attached hydrogen (secondary N) is 1. The Balaban J connectivity index is 1.69. The van der Waals surface area contributed by atoms with Gasteiger partial charge in [-0.25, -0.2) is 4.98 Å². The molecule has 0 aliphatic carbocycles. The van der Waals surface area contributed by atoms with Gasteiger partial charge in [-0.05, 0) is 37.1 Å². The number of thioether (sulfide) groups is 1. The van der Waals surface area contributed by atoms with Crippen LogP contribution in [0.4, 0.5) is 5.69 Å². The molecule has 0 radical (unpaired) electrons. The maximum Gasteiger partial charge on any atom is 0.227 e. The molecule has 2 aromatic rings. The van der Waals surface area contributed by atoms with E-state index in [4.69, 9.17) is 0 Å². The molecule has 1 fully saturated rings. The van der Waals surface area contributed by atoms with Crippen molar-refractivity contribution in [2.24, 2.45) is 5.92 Å². The van der Waals surface area contributed by atoms with Gasteiger partial charge < -0.3 is 4.90 Å². The van der Waals surface area contributed by atoms with Gasteiger partial charge in [-0.15, -0.1) is 0 Å². The third kappa shape index (κ3) is 3.61. The van der Waals surface area contributed by atoms with Crippen LogP contribution >= 0.6 is 11.8 Å². The molecule has 0 saturated carbocycles. The average Bonchev–Trinajstić information content (AvgIpc) is 3.11. The number of hydrogen-bond donors (Lipinski definition) is 1. The molecule has 1 amide bonds. The highest BCUT2D eigenvalue weighted by Gasteiger charge is 2.30. The second kappa shape index (κ2) is 6.54. The molecule has 0 bridgehead atoms. The average molecular weight is 330 g/mol. The van der Waals surface area contributed by atoms with Crippen LogP contribution < -0.4 is 4.90 Å². The molecule has 23 heavy (non-hydrogen) atoms. The number of benzene rings is 1. The molecule has 120 valence electrons. The van der Waals surface area contributed by atoms with E-state index in [1.54, 1.807) is 11.8 Å². The SMILES string of the molecule is CC(=O)SCC1CC(=O)N(c2ccc(-c3n[nH]c(C)n3)cc2)C1. The first-order chi connectivity index (χ1) is 11.0. The first kappa shape index (κ1) is 15.7. The normalized spacial score (nSPS) is 17.7. The van der Waals surface area contributed by atoms with E-state index < -0.39 is 0 Å². The second-order valence-electron chi connectivity index (χ2n) is 5.67. The van der Waals surface area contributed by atoms with Crippen molar-refractivity contribution in [2.75, 3.05) is 17.2 Å². The standard InChI is InChI=1S/C16H18N4O2S/c1-10-17-16(19-18-10)13-3-5-14(6-4-13)20-8-12(7-15(20)22)9-23-11(2)21/h3-6,12H,7-9H2,1-2H3,(H,17,18,19). The van der Waals surface area contributed by atoms with Crippen molar-refractivity contribution in [1.82, 2.24) is 15.2 Å². The first-order valence-corrected chi connectivity index (χ1v) is 8.44. The molecule has 0 spiro atoms. The van der Waals surface area contributed by atoms with E-state index in [0.29, 0.717) is 24.5 Å². The number of hydrogen-bond acceptors (Lipinski definition) is 5. The van der Waals surface area contributed by atoms with Crippen LogP contribution in [0.5, 0.6) is 0 Å². The number of aromatic amines is 1. The van der Waals surface area contributed by atoms with Crippen LogP contribution in [0.25, 0.3) is 11.4 Å². The zero-order valence-electron chi connectivity index (χ0n) is 13.1. The monoisotopic (exact) mass is 330 g/mol. The minimum Gasteiger partial charge on any atom is -0.312 e. The molecule has 1 unspecified atom stereocenters. The van der Waals surface area contributed by atoms with E-state index in [9.17, 15) is 9.59 Å². The van der Waals surface area contributed by atoms with Gasteiger partial charge in [0.15, 0.2) is 10.9 Å². The van der Waals surface area contributed by atoms with Crippen LogP contribution in [0, 0.1) is 12.8 Å². The Morgan fingerprint density at radius 2 is 2.13 bits per heavy atom. The van der Waals surface area contributed by atoms with Gasteiger partial charge >= 0.3 is 0 Å². The van der Waals surface area contributed by atoms with E-state index in [-0.39, 0.29) is 16.9 Å². The van der Waals surface area contributed by atoms with Crippen LogP contribution in [-0.2, 0) is 9.59 Å². The maximum absolute atomic E-state index is 12.2. The number of rotatable bonds is 4. The molecule has 3 rings (SSSR count). The summed E-state index contributed by atoms with van der Waals surface area (Å²) in [5.41, 5.74) is 1.79. The van der Waals surface area contributed by atoms with Gasteiger partial charge in [-0.1, -0.05) is 11.8 Å².